The van der Waals surface area contributed by atoms with Crippen molar-refractivity contribution >= 4 is 44.5 Å². The lowest BCUT2D eigenvalue weighted by Crippen LogP contribution is -2.56. The zero-order chi connectivity index (χ0) is 35.2. The molecular weight excluding hydrogens is 636 g/mol. The molecule has 0 radical (unpaired) electrons. The van der Waals surface area contributed by atoms with Crippen molar-refractivity contribution in [1.82, 2.24) is 20.3 Å². The highest BCUT2D eigenvalue weighted by Gasteiger charge is 2.62. The van der Waals surface area contributed by atoms with Gasteiger partial charge in [-0.15, -0.1) is 6.58 Å². The van der Waals surface area contributed by atoms with Crippen molar-refractivity contribution in [1.29, 1.82) is 0 Å². The summed E-state index contributed by atoms with van der Waals surface area (Å²) in [6.45, 7) is 14.4. The van der Waals surface area contributed by atoms with E-state index in [1.165, 1.54) is 6.08 Å². The first-order chi connectivity index (χ1) is 22.3. The molecule has 3 fully saturated rings. The number of alkyl carbamates (subject to hydrolysis) is 1. The molecule has 3 aliphatic rings. The van der Waals surface area contributed by atoms with Crippen LogP contribution in [0.25, 0.3) is 10.8 Å². The minimum atomic E-state index is -3.87. The Bertz CT molecular complexity index is 1720. The summed E-state index contributed by atoms with van der Waals surface area (Å²) >= 11 is 0. The van der Waals surface area contributed by atoms with Crippen molar-refractivity contribution in [2.75, 3.05) is 0 Å². The number of hydrogen-bond acceptors (Lipinski definition) is 9. The van der Waals surface area contributed by atoms with Gasteiger partial charge in [0.1, 0.15) is 17.2 Å². The third-order valence-corrected chi connectivity index (χ3v) is 11.0. The zero-order valence-corrected chi connectivity index (χ0v) is 29.2. The van der Waals surface area contributed by atoms with E-state index in [9.17, 15) is 27.6 Å². The fourth-order valence-corrected chi connectivity index (χ4v) is 7.78. The van der Waals surface area contributed by atoms with E-state index >= 15 is 0 Å². The lowest BCUT2D eigenvalue weighted by molar-refractivity contribution is -0.137. The predicted molar refractivity (Wildman–Crippen MR) is 179 cm³/mol. The number of ketones is 1. The Morgan fingerprint density at radius 1 is 1.02 bits per heavy atom. The number of amides is 3. The number of pyridine rings is 1. The number of aromatic nitrogens is 1. The van der Waals surface area contributed by atoms with Crippen LogP contribution in [0.2, 0.25) is 0 Å². The number of fused-ring (bicyclic) bond motifs is 1. The van der Waals surface area contributed by atoms with Crippen molar-refractivity contribution in [3.05, 3.63) is 49.2 Å². The summed E-state index contributed by atoms with van der Waals surface area (Å²) in [4.78, 5) is 59.3. The van der Waals surface area contributed by atoms with E-state index in [1.807, 2.05) is 51.1 Å². The summed E-state index contributed by atoms with van der Waals surface area (Å²) in [6.07, 6.45) is 3.14. The Kier molecular flexibility index (Phi) is 9.41. The molecule has 6 unspecified atom stereocenters. The van der Waals surface area contributed by atoms with Crippen LogP contribution < -0.4 is 20.1 Å². The van der Waals surface area contributed by atoms with Gasteiger partial charge in [-0.05, 0) is 75.8 Å². The second-order valence-electron chi connectivity index (χ2n) is 15.3. The van der Waals surface area contributed by atoms with E-state index in [-0.39, 0.29) is 25.0 Å². The highest BCUT2D eigenvalue weighted by Crippen LogP contribution is 2.47. The lowest BCUT2D eigenvalue weighted by atomic mass is 9.77. The van der Waals surface area contributed by atoms with Gasteiger partial charge in [0.15, 0.2) is 5.78 Å². The molecule has 3 N–H and O–H groups in total. The smallest absolute Gasteiger partial charge is 0.408 e. The molecule has 1 heterocycles. The number of carbonyl (C=O) groups is 4. The van der Waals surface area contributed by atoms with Gasteiger partial charge in [-0.2, -0.15) is 0 Å². The number of nitrogens with zero attached hydrogens (tertiary/aromatic N) is 1. The van der Waals surface area contributed by atoms with Crippen molar-refractivity contribution in [3.63, 3.8) is 0 Å². The maximum atomic E-state index is 14.4. The fraction of sp³-hybridized carbons (Fsp3) is 0.571. The first kappa shape index (κ1) is 35.3. The predicted octanol–water partition coefficient (Wildman–Crippen LogP) is 4.19. The molecule has 5 rings (SSSR count). The molecule has 1 aromatic carbocycles. The Labute approximate surface area is 281 Å². The van der Waals surface area contributed by atoms with E-state index in [2.05, 4.69) is 26.9 Å². The summed E-state index contributed by atoms with van der Waals surface area (Å²) in [7, 11) is -3.87. The SMILES string of the molecule is C=CC1CC1(NC(=O)C1CC(Oc2nccc3ccccc23)CC1C(=O)C(NC(=O)OC(C)(C)C)C(C)(C)C)C(=O)NS(=O)(=O)C1CC1. The Morgan fingerprint density at radius 3 is 2.29 bits per heavy atom. The molecule has 48 heavy (non-hydrogen) atoms. The van der Waals surface area contributed by atoms with Gasteiger partial charge in [-0.3, -0.25) is 19.1 Å². The highest BCUT2D eigenvalue weighted by molar-refractivity contribution is 7.91. The van der Waals surface area contributed by atoms with Crippen molar-refractivity contribution in [3.8, 4) is 5.88 Å². The second kappa shape index (κ2) is 12.8. The molecule has 12 nitrogen and oxygen atoms in total. The summed E-state index contributed by atoms with van der Waals surface area (Å²) in [5.41, 5.74) is -3.07. The topological polar surface area (TPSA) is 170 Å². The van der Waals surface area contributed by atoms with Crippen LogP contribution in [0, 0.1) is 23.2 Å². The largest absolute Gasteiger partial charge is 0.474 e. The number of carbonyl (C=O) groups excluding carboxylic acids is 4. The molecule has 3 aliphatic carbocycles. The molecule has 260 valence electrons. The van der Waals surface area contributed by atoms with E-state index in [0.717, 1.165) is 10.8 Å². The van der Waals surface area contributed by atoms with Gasteiger partial charge in [-0.1, -0.05) is 45.0 Å². The fourth-order valence-electron chi connectivity index (χ4n) is 6.42. The lowest BCUT2D eigenvalue weighted by Gasteiger charge is -2.34. The molecule has 2 aromatic rings. The van der Waals surface area contributed by atoms with Gasteiger partial charge >= 0.3 is 6.09 Å². The quantitative estimate of drug-likeness (QED) is 0.294. The third kappa shape index (κ3) is 7.66. The Balaban J connectivity index is 1.43. The number of rotatable bonds is 11. The summed E-state index contributed by atoms with van der Waals surface area (Å²) in [6, 6.07) is 8.40. The average Bonchev–Trinajstić information content (AvgIpc) is 3.91. The maximum Gasteiger partial charge on any atom is 0.408 e. The van der Waals surface area contributed by atoms with Gasteiger partial charge < -0.3 is 20.1 Å². The normalized spacial score (nSPS) is 26.2. The standard InChI is InChI=1S/C35H46N4O8S/c1-8-21-19-35(21,31(42)39-48(44,45)23-13-14-23)38-29(41)26-18-22(46-30-24-12-10-9-11-20(24)15-16-36-30)17-25(26)27(40)28(33(2,3)4)37-32(43)47-34(5,6)7/h8-12,15-16,21-23,25-26,28H,1,13-14,17-19H2,2-7H3,(H,37,43)(H,38,41)(H,39,42). The number of Topliss-reactive ketones (excluding diaryl/α,β-unsaturated/α-hetero) is 1. The van der Waals surface area contributed by atoms with Crippen LogP contribution in [-0.4, -0.2) is 65.6 Å². The average molecular weight is 683 g/mol. The van der Waals surface area contributed by atoms with Gasteiger partial charge in [0.25, 0.3) is 5.91 Å². The number of sulfonamides is 1. The van der Waals surface area contributed by atoms with Gasteiger partial charge in [0.05, 0.1) is 17.2 Å². The highest BCUT2D eigenvalue weighted by atomic mass is 32.2. The zero-order valence-electron chi connectivity index (χ0n) is 28.4. The Morgan fingerprint density at radius 2 is 1.69 bits per heavy atom. The van der Waals surface area contributed by atoms with Crippen LogP contribution >= 0.6 is 0 Å². The van der Waals surface area contributed by atoms with E-state index in [4.69, 9.17) is 9.47 Å². The van der Waals surface area contributed by atoms with Crippen LogP contribution in [0.3, 0.4) is 0 Å². The molecule has 0 saturated heterocycles. The number of nitrogens with one attached hydrogen (secondary N) is 3. The number of hydrogen-bond donors (Lipinski definition) is 3. The maximum absolute atomic E-state index is 14.4. The van der Waals surface area contributed by atoms with Crippen molar-refractivity contribution in [2.45, 2.75) is 102 Å². The monoisotopic (exact) mass is 682 g/mol. The second-order valence-corrected chi connectivity index (χ2v) is 17.3. The van der Waals surface area contributed by atoms with Gasteiger partial charge in [0, 0.05) is 23.4 Å². The minimum absolute atomic E-state index is 0.118. The number of benzene rings is 1. The van der Waals surface area contributed by atoms with Crippen LogP contribution in [0.4, 0.5) is 4.79 Å². The summed E-state index contributed by atoms with van der Waals surface area (Å²) in [5.74, 6) is -3.79. The molecule has 3 saturated carbocycles. The van der Waals surface area contributed by atoms with Crippen LogP contribution in [0.1, 0.15) is 73.6 Å². The first-order valence-corrected chi connectivity index (χ1v) is 17.9. The van der Waals surface area contributed by atoms with E-state index in [0.29, 0.717) is 18.7 Å². The molecule has 0 spiro atoms. The van der Waals surface area contributed by atoms with E-state index < -0.39 is 79.6 Å². The van der Waals surface area contributed by atoms with Gasteiger partial charge in [0.2, 0.25) is 21.8 Å². The number of ether oxygens (including phenoxy) is 2. The van der Waals surface area contributed by atoms with Crippen LogP contribution in [0.5, 0.6) is 5.88 Å². The summed E-state index contributed by atoms with van der Waals surface area (Å²) < 4.78 is 39.2. The molecule has 6 atom stereocenters. The van der Waals surface area contributed by atoms with Crippen LogP contribution in [-0.2, 0) is 29.1 Å². The third-order valence-electron chi connectivity index (χ3n) is 9.20. The Hall–Kier alpha value is -4.00. The van der Waals surface area contributed by atoms with Gasteiger partial charge in [-0.25, -0.2) is 18.2 Å². The molecular formula is C35H46N4O8S. The molecule has 1 aromatic heterocycles. The van der Waals surface area contributed by atoms with Crippen LogP contribution in [0.15, 0.2) is 49.2 Å². The first-order valence-electron chi connectivity index (χ1n) is 16.4. The molecule has 13 heteroatoms. The summed E-state index contributed by atoms with van der Waals surface area (Å²) in [5, 5.41) is 6.61. The van der Waals surface area contributed by atoms with Crippen molar-refractivity contribution < 1.29 is 37.1 Å². The molecule has 0 aliphatic heterocycles. The van der Waals surface area contributed by atoms with Crippen molar-refractivity contribution in [2.24, 2.45) is 23.2 Å². The minimum Gasteiger partial charge on any atom is -0.474 e. The molecule has 3 amide bonds. The van der Waals surface area contributed by atoms with E-state index in [1.54, 1.807) is 27.0 Å². The molecule has 0 bridgehead atoms.